The number of hydrogen-bond donors (Lipinski definition) is 3. The predicted octanol–water partition coefficient (Wildman–Crippen LogP) is 0.833. The van der Waals surface area contributed by atoms with Crippen molar-refractivity contribution in [3.8, 4) is 0 Å². The van der Waals surface area contributed by atoms with Gasteiger partial charge in [-0.3, -0.25) is 9.82 Å². The molecule has 0 unspecified atom stereocenters. The Kier molecular flexibility index (Phi) is 3.76. The number of nitrogens with zero attached hydrogens (tertiary/aromatic N) is 2. The number of aryl methyl sites for hydroxylation is 1. The van der Waals surface area contributed by atoms with Gasteiger partial charge in [-0.2, -0.15) is 17.8 Å². The van der Waals surface area contributed by atoms with E-state index in [4.69, 9.17) is 5.73 Å². The number of nitrogens with one attached hydrogen (secondary N) is 2. The zero-order valence-electron chi connectivity index (χ0n) is 10.4. The van der Waals surface area contributed by atoms with Crippen LogP contribution < -0.4 is 10.5 Å². The van der Waals surface area contributed by atoms with Gasteiger partial charge in [0.25, 0.3) is 0 Å². The van der Waals surface area contributed by atoms with Gasteiger partial charge in [0.1, 0.15) is 0 Å². The van der Waals surface area contributed by atoms with Crippen molar-refractivity contribution >= 4 is 21.7 Å². The number of rotatable bonds is 3. The number of hydrogen-bond acceptors (Lipinski definition) is 4. The Morgan fingerprint density at radius 3 is 2.39 bits per heavy atom. The standard InChI is InChI=1S/C10H19N5O2S/c1-8-9(11)10(13-12-8)14-18(16,17)15-6-4-2-3-5-7-15/h2-7,11H2,1H3,(H2,12,13,14). The van der Waals surface area contributed by atoms with E-state index in [0.717, 1.165) is 25.7 Å². The third-order valence-electron chi connectivity index (χ3n) is 3.13. The van der Waals surface area contributed by atoms with E-state index in [1.54, 1.807) is 6.92 Å². The molecule has 1 saturated heterocycles. The minimum Gasteiger partial charge on any atom is -0.394 e. The molecular formula is C10H19N5O2S. The number of aromatic amines is 1. The Labute approximate surface area is 107 Å². The number of H-pyrrole nitrogens is 1. The first-order chi connectivity index (χ1) is 8.50. The van der Waals surface area contributed by atoms with E-state index < -0.39 is 10.2 Å². The zero-order chi connectivity index (χ0) is 13.2. The predicted molar refractivity (Wildman–Crippen MR) is 70.3 cm³/mol. The van der Waals surface area contributed by atoms with Crippen LogP contribution in [0.2, 0.25) is 0 Å². The average molecular weight is 273 g/mol. The molecule has 4 N–H and O–H groups in total. The molecule has 0 radical (unpaired) electrons. The molecule has 0 spiro atoms. The van der Waals surface area contributed by atoms with Crippen LogP contribution in [0.15, 0.2) is 0 Å². The van der Waals surface area contributed by atoms with Crippen LogP contribution in [0.3, 0.4) is 0 Å². The van der Waals surface area contributed by atoms with E-state index >= 15 is 0 Å². The van der Waals surface area contributed by atoms with Gasteiger partial charge in [-0.15, -0.1) is 0 Å². The molecule has 0 bridgehead atoms. The maximum Gasteiger partial charge on any atom is 0.302 e. The van der Waals surface area contributed by atoms with Crippen LogP contribution in [0.5, 0.6) is 0 Å². The van der Waals surface area contributed by atoms with Crippen LogP contribution in [-0.4, -0.2) is 36.0 Å². The Bertz CT molecular complexity index is 502. The molecule has 1 aliphatic heterocycles. The fourth-order valence-corrected chi connectivity index (χ4v) is 3.25. The first-order valence-corrected chi connectivity index (χ1v) is 7.53. The van der Waals surface area contributed by atoms with Gasteiger partial charge in [-0.1, -0.05) is 12.8 Å². The summed E-state index contributed by atoms with van der Waals surface area (Å²) < 4.78 is 28.2. The second-order valence-corrected chi connectivity index (χ2v) is 6.20. The molecule has 1 aliphatic rings. The highest BCUT2D eigenvalue weighted by molar-refractivity contribution is 7.90. The SMILES string of the molecule is Cc1[nH]nc(NS(=O)(=O)N2CCCCCC2)c1N. The monoisotopic (exact) mass is 273 g/mol. The van der Waals surface area contributed by atoms with Crippen molar-refractivity contribution < 1.29 is 8.42 Å². The zero-order valence-corrected chi connectivity index (χ0v) is 11.3. The van der Waals surface area contributed by atoms with Crippen LogP contribution >= 0.6 is 0 Å². The minimum absolute atomic E-state index is 0.178. The number of anilines is 2. The van der Waals surface area contributed by atoms with E-state index in [2.05, 4.69) is 14.9 Å². The van der Waals surface area contributed by atoms with E-state index in [9.17, 15) is 8.42 Å². The molecule has 18 heavy (non-hydrogen) atoms. The third kappa shape index (κ3) is 2.75. The molecule has 0 saturated carbocycles. The van der Waals surface area contributed by atoms with Gasteiger partial charge in [-0.05, 0) is 19.8 Å². The smallest absolute Gasteiger partial charge is 0.302 e. The molecule has 1 aromatic rings. The largest absolute Gasteiger partial charge is 0.394 e. The molecule has 2 heterocycles. The molecule has 7 nitrogen and oxygen atoms in total. The topological polar surface area (TPSA) is 104 Å². The second kappa shape index (κ2) is 5.15. The lowest BCUT2D eigenvalue weighted by Crippen LogP contribution is -2.36. The van der Waals surface area contributed by atoms with Crippen molar-refractivity contribution in [1.29, 1.82) is 0 Å². The minimum atomic E-state index is -3.55. The van der Waals surface area contributed by atoms with Crippen LogP contribution in [0.4, 0.5) is 11.5 Å². The fourth-order valence-electron chi connectivity index (χ4n) is 1.98. The Hall–Kier alpha value is -1.28. The van der Waals surface area contributed by atoms with Crippen molar-refractivity contribution in [1.82, 2.24) is 14.5 Å². The maximum atomic E-state index is 12.2. The summed E-state index contributed by atoms with van der Waals surface area (Å²) in [5.74, 6) is 0.178. The summed E-state index contributed by atoms with van der Waals surface area (Å²) in [7, 11) is -3.55. The van der Waals surface area contributed by atoms with E-state index in [1.807, 2.05) is 0 Å². The van der Waals surface area contributed by atoms with Gasteiger partial charge >= 0.3 is 10.2 Å². The quantitative estimate of drug-likeness (QED) is 0.758. The van der Waals surface area contributed by atoms with Crippen LogP contribution in [0, 0.1) is 6.92 Å². The Morgan fingerprint density at radius 1 is 1.28 bits per heavy atom. The first kappa shape index (κ1) is 13.2. The van der Waals surface area contributed by atoms with Crippen molar-refractivity contribution in [3.05, 3.63) is 5.69 Å². The van der Waals surface area contributed by atoms with Gasteiger partial charge < -0.3 is 5.73 Å². The average Bonchev–Trinajstić information content (AvgIpc) is 2.60. The highest BCUT2D eigenvalue weighted by atomic mass is 32.2. The second-order valence-electron chi connectivity index (χ2n) is 4.53. The Morgan fingerprint density at radius 2 is 1.89 bits per heavy atom. The lowest BCUT2D eigenvalue weighted by atomic mass is 10.2. The lowest BCUT2D eigenvalue weighted by molar-refractivity contribution is 0.427. The normalized spacial score (nSPS) is 18.5. The fraction of sp³-hybridized carbons (Fsp3) is 0.700. The van der Waals surface area contributed by atoms with Gasteiger partial charge in [0.2, 0.25) is 0 Å². The van der Waals surface area contributed by atoms with Crippen molar-refractivity contribution in [2.45, 2.75) is 32.6 Å². The van der Waals surface area contributed by atoms with Crippen molar-refractivity contribution in [3.63, 3.8) is 0 Å². The molecule has 0 aromatic carbocycles. The van der Waals surface area contributed by atoms with Crippen molar-refractivity contribution in [2.24, 2.45) is 0 Å². The Balaban J connectivity index is 2.13. The molecule has 0 atom stereocenters. The maximum absolute atomic E-state index is 12.2. The molecule has 0 amide bonds. The number of nitrogens with two attached hydrogens (primary N) is 1. The van der Waals surface area contributed by atoms with Crippen LogP contribution in [0.1, 0.15) is 31.4 Å². The van der Waals surface area contributed by atoms with Crippen LogP contribution in [-0.2, 0) is 10.2 Å². The summed E-state index contributed by atoms with van der Waals surface area (Å²) in [6.45, 7) is 2.85. The van der Waals surface area contributed by atoms with Gasteiger partial charge in [0.15, 0.2) is 5.82 Å². The van der Waals surface area contributed by atoms with E-state index in [0.29, 0.717) is 24.5 Å². The van der Waals surface area contributed by atoms with Gasteiger partial charge in [0.05, 0.1) is 11.4 Å². The van der Waals surface area contributed by atoms with Crippen molar-refractivity contribution in [2.75, 3.05) is 23.5 Å². The molecular weight excluding hydrogens is 254 g/mol. The number of aromatic nitrogens is 2. The summed E-state index contributed by atoms with van der Waals surface area (Å²) in [5, 5.41) is 6.51. The molecule has 1 fully saturated rings. The summed E-state index contributed by atoms with van der Waals surface area (Å²) in [4.78, 5) is 0. The van der Waals surface area contributed by atoms with Gasteiger partial charge in [-0.25, -0.2) is 0 Å². The molecule has 8 heteroatoms. The third-order valence-corrected chi connectivity index (χ3v) is 4.62. The molecule has 2 rings (SSSR count). The summed E-state index contributed by atoms with van der Waals surface area (Å²) in [6, 6.07) is 0. The highest BCUT2D eigenvalue weighted by Gasteiger charge is 2.24. The van der Waals surface area contributed by atoms with E-state index in [-0.39, 0.29) is 5.82 Å². The summed E-state index contributed by atoms with van der Waals surface area (Å²) in [5.41, 5.74) is 6.73. The van der Waals surface area contributed by atoms with E-state index in [1.165, 1.54) is 4.31 Å². The van der Waals surface area contributed by atoms with Gasteiger partial charge in [0, 0.05) is 13.1 Å². The summed E-state index contributed by atoms with van der Waals surface area (Å²) >= 11 is 0. The number of nitrogen functional groups attached to an aromatic ring is 1. The summed E-state index contributed by atoms with van der Waals surface area (Å²) in [6.07, 6.45) is 3.96. The first-order valence-electron chi connectivity index (χ1n) is 6.09. The highest BCUT2D eigenvalue weighted by Crippen LogP contribution is 2.21. The molecule has 102 valence electrons. The van der Waals surface area contributed by atoms with Crippen LogP contribution in [0.25, 0.3) is 0 Å². The molecule has 0 aliphatic carbocycles. The molecule has 1 aromatic heterocycles. The lowest BCUT2D eigenvalue weighted by Gasteiger charge is -2.19.